The second-order valence-corrected chi connectivity index (χ2v) is 11.8. The molecule has 0 radical (unpaired) electrons. The Balaban J connectivity index is 1.47. The van der Waals surface area contributed by atoms with E-state index < -0.39 is 0 Å². The van der Waals surface area contributed by atoms with Crippen LogP contribution in [0.2, 0.25) is 10.0 Å². The Kier molecular flexibility index (Phi) is 8.49. The minimum Gasteiger partial charge on any atom is -0.487 e. The average molecular weight is 661 g/mol. The van der Waals surface area contributed by atoms with Gasteiger partial charge >= 0.3 is 0 Å². The number of anilines is 1. The van der Waals surface area contributed by atoms with E-state index in [1.165, 1.54) is 4.88 Å². The highest BCUT2D eigenvalue weighted by Crippen LogP contribution is 2.40. The second kappa shape index (κ2) is 12.0. The van der Waals surface area contributed by atoms with Crippen LogP contribution < -0.4 is 10.1 Å². The number of halogens is 3. The van der Waals surface area contributed by atoms with E-state index in [2.05, 4.69) is 27.9 Å². The summed E-state index contributed by atoms with van der Waals surface area (Å²) in [6, 6.07) is 20.8. The molecule has 0 bridgehead atoms. The molecule has 4 nitrogen and oxygen atoms in total. The molecule has 1 heterocycles. The molecule has 0 atom stereocenters. The predicted molar refractivity (Wildman–Crippen MR) is 163 cm³/mol. The largest absolute Gasteiger partial charge is 0.487 e. The zero-order valence-corrected chi connectivity index (χ0v) is 24.3. The van der Waals surface area contributed by atoms with Crippen LogP contribution in [0.25, 0.3) is 0 Å². The maximum atomic E-state index is 13.4. The lowest BCUT2D eigenvalue weighted by Gasteiger charge is -2.13. The molecule has 1 aliphatic carbocycles. The lowest BCUT2D eigenvalue weighted by Crippen LogP contribution is -2.14. The molecular formula is C29H23Cl2IN2O2S. The highest BCUT2D eigenvalue weighted by Gasteiger charge is 2.25. The van der Waals surface area contributed by atoms with Crippen LogP contribution in [0.1, 0.15) is 44.8 Å². The van der Waals surface area contributed by atoms with Crippen LogP contribution in [-0.4, -0.2) is 12.1 Å². The van der Waals surface area contributed by atoms with E-state index in [-0.39, 0.29) is 5.91 Å². The number of rotatable bonds is 7. The van der Waals surface area contributed by atoms with Gasteiger partial charge in [0.1, 0.15) is 17.4 Å². The van der Waals surface area contributed by atoms with Gasteiger partial charge < -0.3 is 10.1 Å². The van der Waals surface area contributed by atoms with Gasteiger partial charge in [-0.1, -0.05) is 53.5 Å². The van der Waals surface area contributed by atoms with E-state index in [0.717, 1.165) is 51.6 Å². The number of para-hydroxylation sites is 1. The maximum Gasteiger partial charge on any atom is 0.259 e. The van der Waals surface area contributed by atoms with Gasteiger partial charge in [0.05, 0.1) is 9.13 Å². The van der Waals surface area contributed by atoms with Crippen LogP contribution in [0, 0.1) is 3.57 Å². The molecule has 1 amide bonds. The molecule has 3 aromatic carbocycles. The number of ether oxygens (including phenoxy) is 1. The maximum absolute atomic E-state index is 13.4. The Bertz CT molecular complexity index is 1470. The predicted octanol–water partition coefficient (Wildman–Crippen LogP) is 9.12. The molecule has 0 fully saturated rings. The molecular weight excluding hydrogens is 638 g/mol. The highest BCUT2D eigenvalue weighted by molar-refractivity contribution is 14.1. The van der Waals surface area contributed by atoms with E-state index in [9.17, 15) is 4.79 Å². The van der Waals surface area contributed by atoms with Crippen LogP contribution in [0.5, 0.6) is 5.75 Å². The SMILES string of the molecule is O=C(Nc1ccccc1)c1c(N=Cc2cc(Cl)cc(I)c2OCc2cccc(Cl)c2)sc2c1CCCC2. The van der Waals surface area contributed by atoms with E-state index in [0.29, 0.717) is 33.0 Å². The molecule has 8 heteroatoms. The highest BCUT2D eigenvalue weighted by atomic mass is 127. The topological polar surface area (TPSA) is 50.7 Å². The van der Waals surface area contributed by atoms with Crippen LogP contribution in [0.4, 0.5) is 10.7 Å². The number of carbonyl (C=O) groups is 1. The fourth-order valence-corrected chi connectivity index (χ4v) is 6.99. The van der Waals surface area contributed by atoms with Crippen LogP contribution in [-0.2, 0) is 19.4 Å². The molecule has 188 valence electrons. The van der Waals surface area contributed by atoms with Crippen molar-refractivity contribution in [1.29, 1.82) is 0 Å². The number of fused-ring (bicyclic) bond motifs is 1. The number of nitrogens with one attached hydrogen (secondary N) is 1. The quantitative estimate of drug-likeness (QED) is 0.159. The number of aliphatic imine (C=N–C) groups is 1. The zero-order valence-electron chi connectivity index (χ0n) is 19.8. The molecule has 0 spiro atoms. The standard InChI is InChI=1S/C29H23Cl2IN2O2S/c30-20-8-6-7-18(13-20)17-36-27-19(14-21(31)15-24(27)32)16-33-29-26(23-11-4-5-12-25(23)37-29)28(35)34-22-9-2-1-3-10-22/h1-3,6-10,13-16H,4-5,11-12,17H2,(H,34,35). The number of amides is 1. The van der Waals surface area contributed by atoms with Crippen molar-refractivity contribution in [3.63, 3.8) is 0 Å². The minimum absolute atomic E-state index is 0.129. The molecule has 0 saturated carbocycles. The van der Waals surface area contributed by atoms with Gasteiger partial charge in [-0.2, -0.15) is 0 Å². The first-order valence-corrected chi connectivity index (χ1v) is 14.5. The van der Waals surface area contributed by atoms with Crippen molar-refractivity contribution in [2.45, 2.75) is 32.3 Å². The van der Waals surface area contributed by atoms with Gasteiger partial charge in [0.15, 0.2) is 0 Å². The molecule has 0 aliphatic heterocycles. The van der Waals surface area contributed by atoms with Crippen LogP contribution in [0.3, 0.4) is 0 Å². The monoisotopic (exact) mass is 660 g/mol. The molecule has 0 unspecified atom stereocenters. The number of nitrogens with zero attached hydrogens (tertiary/aromatic N) is 1. The molecule has 1 aliphatic rings. The Morgan fingerprint density at radius 1 is 1.03 bits per heavy atom. The molecule has 37 heavy (non-hydrogen) atoms. The Morgan fingerprint density at radius 2 is 1.84 bits per heavy atom. The summed E-state index contributed by atoms with van der Waals surface area (Å²) in [6.07, 6.45) is 5.82. The number of hydrogen-bond donors (Lipinski definition) is 1. The third-order valence-electron chi connectivity index (χ3n) is 6.04. The third kappa shape index (κ3) is 6.37. The smallest absolute Gasteiger partial charge is 0.259 e. The fraction of sp³-hybridized carbons (Fsp3) is 0.172. The summed E-state index contributed by atoms with van der Waals surface area (Å²) >= 11 is 16.3. The number of aryl methyl sites for hydroxylation is 1. The van der Waals surface area contributed by atoms with E-state index in [1.807, 2.05) is 66.7 Å². The molecule has 1 aromatic heterocycles. The van der Waals surface area contributed by atoms with E-state index in [4.69, 9.17) is 32.9 Å². The summed E-state index contributed by atoms with van der Waals surface area (Å²) in [5.41, 5.74) is 4.26. The molecule has 4 aromatic rings. The number of thiophene rings is 1. The molecule has 1 N–H and O–H groups in total. The summed E-state index contributed by atoms with van der Waals surface area (Å²) < 4.78 is 7.07. The van der Waals surface area contributed by atoms with Gasteiger partial charge in [-0.25, -0.2) is 4.99 Å². The first-order valence-electron chi connectivity index (χ1n) is 11.9. The van der Waals surface area contributed by atoms with Crippen molar-refractivity contribution in [3.05, 3.63) is 107 Å². The number of benzene rings is 3. The lowest BCUT2D eigenvalue weighted by atomic mass is 9.95. The first-order chi connectivity index (χ1) is 18.0. The Morgan fingerprint density at radius 3 is 2.65 bits per heavy atom. The Hall–Kier alpha value is -2.39. The zero-order chi connectivity index (χ0) is 25.8. The number of carbonyl (C=O) groups excluding carboxylic acids is 1. The Labute approximate surface area is 243 Å². The van der Waals surface area contributed by atoms with Crippen molar-refractivity contribution in [1.82, 2.24) is 0 Å². The number of hydrogen-bond acceptors (Lipinski definition) is 4. The summed E-state index contributed by atoms with van der Waals surface area (Å²) in [7, 11) is 0. The van der Waals surface area contributed by atoms with E-state index in [1.54, 1.807) is 17.6 Å². The van der Waals surface area contributed by atoms with Gasteiger partial charge in [-0.15, -0.1) is 11.3 Å². The second-order valence-electron chi connectivity index (χ2n) is 8.69. The summed E-state index contributed by atoms with van der Waals surface area (Å²) in [5.74, 6) is 0.557. The summed E-state index contributed by atoms with van der Waals surface area (Å²) in [6.45, 7) is 0.358. The van der Waals surface area contributed by atoms with Gasteiger partial charge in [0.25, 0.3) is 5.91 Å². The summed E-state index contributed by atoms with van der Waals surface area (Å²) in [4.78, 5) is 19.5. The normalized spacial score (nSPS) is 12.9. The van der Waals surface area contributed by atoms with Crippen LogP contribution in [0.15, 0.2) is 71.7 Å². The van der Waals surface area contributed by atoms with Crippen molar-refractivity contribution >= 4 is 79.9 Å². The van der Waals surface area contributed by atoms with Crippen molar-refractivity contribution in [3.8, 4) is 5.75 Å². The van der Waals surface area contributed by atoms with Gasteiger partial charge in [0, 0.05) is 32.4 Å². The average Bonchev–Trinajstić information content (AvgIpc) is 3.26. The van der Waals surface area contributed by atoms with Gasteiger partial charge in [-0.05, 0) is 95.8 Å². The van der Waals surface area contributed by atoms with Crippen molar-refractivity contribution in [2.75, 3.05) is 5.32 Å². The molecule has 0 saturated heterocycles. The fourth-order valence-electron chi connectivity index (χ4n) is 4.33. The third-order valence-corrected chi connectivity index (χ3v) is 8.50. The molecule has 5 rings (SSSR count). The van der Waals surface area contributed by atoms with Gasteiger partial charge in [0.2, 0.25) is 0 Å². The van der Waals surface area contributed by atoms with E-state index >= 15 is 0 Å². The van der Waals surface area contributed by atoms with Crippen LogP contribution >= 0.6 is 57.1 Å². The van der Waals surface area contributed by atoms with Crippen molar-refractivity contribution < 1.29 is 9.53 Å². The first kappa shape index (κ1) is 26.2. The van der Waals surface area contributed by atoms with Gasteiger partial charge in [-0.3, -0.25) is 4.79 Å². The van der Waals surface area contributed by atoms with Crippen molar-refractivity contribution in [2.24, 2.45) is 4.99 Å². The summed E-state index contributed by atoms with van der Waals surface area (Å²) in [5, 5.41) is 5.00. The minimum atomic E-state index is -0.129. The lowest BCUT2D eigenvalue weighted by molar-refractivity contribution is 0.102.